The number of methoxy groups -OCH3 is 1. The molecule has 0 amide bonds. The zero-order valence-electron chi connectivity index (χ0n) is 12.0. The summed E-state index contributed by atoms with van der Waals surface area (Å²) in [4.78, 5) is 14.4. The van der Waals surface area contributed by atoms with Crippen molar-refractivity contribution in [1.29, 1.82) is 0 Å². The number of nitrogens with zero attached hydrogens (tertiary/aromatic N) is 1. The predicted octanol–water partition coefficient (Wildman–Crippen LogP) is 2.47. The van der Waals surface area contributed by atoms with Gasteiger partial charge in [0.25, 0.3) is 0 Å². The molecule has 3 heteroatoms. The van der Waals surface area contributed by atoms with Gasteiger partial charge in [-0.2, -0.15) is 0 Å². The number of piperidine rings is 1. The van der Waals surface area contributed by atoms with Crippen LogP contribution in [-0.2, 0) is 9.53 Å². The van der Waals surface area contributed by atoms with Crippen LogP contribution in [0.25, 0.3) is 0 Å². The Labute approximate surface area is 116 Å². The summed E-state index contributed by atoms with van der Waals surface area (Å²) in [5.41, 5.74) is 0. The third kappa shape index (κ3) is 2.58. The summed E-state index contributed by atoms with van der Waals surface area (Å²) in [6.45, 7) is 4.38. The van der Waals surface area contributed by atoms with Crippen LogP contribution in [-0.4, -0.2) is 37.1 Å². The van der Waals surface area contributed by atoms with Crippen LogP contribution in [0.5, 0.6) is 0 Å². The molecule has 0 aromatic rings. The van der Waals surface area contributed by atoms with Crippen LogP contribution in [0.3, 0.4) is 0 Å². The van der Waals surface area contributed by atoms with Crippen molar-refractivity contribution in [1.82, 2.24) is 4.90 Å². The molecule has 1 heterocycles. The number of likely N-dealkylation sites (tertiary alicyclic amines) is 1. The number of hydrogen-bond acceptors (Lipinski definition) is 3. The lowest BCUT2D eigenvalue weighted by Gasteiger charge is -2.39. The average Bonchev–Trinajstić information content (AvgIpc) is 3.02. The van der Waals surface area contributed by atoms with Gasteiger partial charge < -0.3 is 4.74 Å². The van der Waals surface area contributed by atoms with Gasteiger partial charge in [0.1, 0.15) is 6.04 Å². The lowest BCUT2D eigenvalue weighted by molar-refractivity contribution is -0.149. The van der Waals surface area contributed by atoms with Crippen molar-refractivity contribution < 1.29 is 9.53 Å². The molecule has 0 spiro atoms. The fourth-order valence-electron chi connectivity index (χ4n) is 4.20. The fourth-order valence-corrected chi connectivity index (χ4v) is 4.20. The second-order valence-corrected chi connectivity index (χ2v) is 6.70. The number of esters is 1. The number of hydrogen-bond donors (Lipinski definition) is 0. The standard InChI is InChI=1S/C16H25NO2/c1-11-5-6-17(15(7-11)16(18)19-2)10-14-9-12-3-4-13(14)8-12/h3-4,11-15H,5-10H2,1-2H3/t11-,12-,13-,14+,15-/m0/s1. The highest BCUT2D eigenvalue weighted by Gasteiger charge is 2.39. The maximum Gasteiger partial charge on any atom is 0.323 e. The topological polar surface area (TPSA) is 29.5 Å². The molecule has 1 saturated heterocycles. The zero-order valence-corrected chi connectivity index (χ0v) is 12.0. The Hall–Kier alpha value is -0.830. The van der Waals surface area contributed by atoms with Crippen molar-refractivity contribution in [2.75, 3.05) is 20.2 Å². The summed E-state index contributed by atoms with van der Waals surface area (Å²) >= 11 is 0. The molecule has 106 valence electrons. The molecule has 3 aliphatic rings. The molecule has 3 nitrogen and oxygen atoms in total. The minimum atomic E-state index is -0.0368. The number of fused-ring (bicyclic) bond motifs is 2. The first kappa shape index (κ1) is 13.2. The average molecular weight is 263 g/mol. The maximum atomic E-state index is 12.0. The molecule has 0 radical (unpaired) electrons. The summed E-state index contributed by atoms with van der Waals surface area (Å²) in [5, 5.41) is 0. The van der Waals surface area contributed by atoms with Gasteiger partial charge in [-0.15, -0.1) is 0 Å². The highest BCUT2D eigenvalue weighted by molar-refractivity contribution is 5.75. The number of rotatable bonds is 3. The SMILES string of the molecule is COC(=O)[C@@H]1C[C@@H](C)CCN1C[C@H]1C[C@H]2C=C[C@H]1C2. The van der Waals surface area contributed by atoms with Crippen LogP contribution in [0, 0.1) is 23.7 Å². The van der Waals surface area contributed by atoms with Gasteiger partial charge in [0.05, 0.1) is 7.11 Å². The molecule has 19 heavy (non-hydrogen) atoms. The van der Waals surface area contributed by atoms with Gasteiger partial charge in [-0.3, -0.25) is 9.69 Å². The van der Waals surface area contributed by atoms with Crippen molar-refractivity contribution in [3.8, 4) is 0 Å². The van der Waals surface area contributed by atoms with Crippen molar-refractivity contribution in [2.24, 2.45) is 23.7 Å². The monoisotopic (exact) mass is 263 g/mol. The summed E-state index contributed by atoms with van der Waals surface area (Å²) in [7, 11) is 1.51. The van der Waals surface area contributed by atoms with E-state index in [0.29, 0.717) is 5.92 Å². The minimum Gasteiger partial charge on any atom is -0.468 e. The number of allylic oxidation sites excluding steroid dienone is 2. The summed E-state index contributed by atoms with van der Waals surface area (Å²) in [6.07, 6.45) is 9.63. The molecule has 2 fully saturated rings. The summed E-state index contributed by atoms with van der Waals surface area (Å²) in [5.74, 6) is 2.94. The summed E-state index contributed by atoms with van der Waals surface area (Å²) < 4.78 is 5.00. The molecule has 0 unspecified atom stereocenters. The Morgan fingerprint density at radius 2 is 2.16 bits per heavy atom. The highest BCUT2D eigenvalue weighted by atomic mass is 16.5. The maximum absolute atomic E-state index is 12.0. The van der Waals surface area contributed by atoms with Crippen molar-refractivity contribution in [2.45, 2.75) is 38.6 Å². The van der Waals surface area contributed by atoms with E-state index >= 15 is 0 Å². The van der Waals surface area contributed by atoms with Crippen molar-refractivity contribution in [3.05, 3.63) is 12.2 Å². The Kier molecular flexibility index (Phi) is 3.66. The van der Waals surface area contributed by atoms with E-state index in [1.54, 1.807) is 0 Å². The molecule has 0 aromatic heterocycles. The van der Waals surface area contributed by atoms with Crippen LogP contribution in [0.1, 0.15) is 32.6 Å². The van der Waals surface area contributed by atoms with Gasteiger partial charge in [0, 0.05) is 6.54 Å². The fraction of sp³-hybridized carbons (Fsp3) is 0.812. The first-order chi connectivity index (χ1) is 9.17. The van der Waals surface area contributed by atoms with E-state index in [-0.39, 0.29) is 12.0 Å². The Balaban J connectivity index is 1.64. The van der Waals surface area contributed by atoms with Gasteiger partial charge in [-0.1, -0.05) is 19.1 Å². The number of carbonyl (C=O) groups excluding carboxylic acids is 1. The van der Waals surface area contributed by atoms with Crippen molar-refractivity contribution in [3.63, 3.8) is 0 Å². The molecule has 1 saturated carbocycles. The van der Waals surface area contributed by atoms with Gasteiger partial charge in [-0.05, 0) is 55.9 Å². The molecule has 5 atom stereocenters. The molecule has 0 aromatic carbocycles. The largest absolute Gasteiger partial charge is 0.468 e. The van der Waals surface area contributed by atoms with E-state index in [4.69, 9.17) is 4.74 Å². The normalized spacial score (nSPS) is 41.7. The van der Waals surface area contributed by atoms with Crippen LogP contribution in [0.15, 0.2) is 12.2 Å². The van der Waals surface area contributed by atoms with E-state index in [2.05, 4.69) is 24.0 Å². The van der Waals surface area contributed by atoms with Gasteiger partial charge in [0.15, 0.2) is 0 Å². The van der Waals surface area contributed by atoms with E-state index in [1.165, 1.54) is 26.4 Å². The first-order valence-electron chi connectivity index (χ1n) is 7.67. The van der Waals surface area contributed by atoms with Gasteiger partial charge in [0.2, 0.25) is 0 Å². The van der Waals surface area contributed by atoms with E-state index in [0.717, 1.165) is 37.3 Å². The molecule has 0 N–H and O–H groups in total. The second kappa shape index (κ2) is 5.28. The third-order valence-electron chi connectivity index (χ3n) is 5.33. The zero-order chi connectivity index (χ0) is 13.4. The Morgan fingerprint density at radius 3 is 2.79 bits per heavy atom. The molecule has 2 aliphatic carbocycles. The third-order valence-corrected chi connectivity index (χ3v) is 5.33. The number of ether oxygens (including phenoxy) is 1. The van der Waals surface area contributed by atoms with E-state index in [9.17, 15) is 4.79 Å². The summed E-state index contributed by atoms with van der Waals surface area (Å²) in [6, 6.07) is -0.00291. The van der Waals surface area contributed by atoms with E-state index < -0.39 is 0 Å². The van der Waals surface area contributed by atoms with Crippen molar-refractivity contribution >= 4 is 5.97 Å². The molecular formula is C16H25NO2. The molecule has 2 bridgehead atoms. The molecule has 1 aliphatic heterocycles. The van der Waals surface area contributed by atoms with Crippen LogP contribution >= 0.6 is 0 Å². The molecule has 3 rings (SSSR count). The molecular weight excluding hydrogens is 238 g/mol. The van der Waals surface area contributed by atoms with Crippen LogP contribution in [0.4, 0.5) is 0 Å². The predicted molar refractivity (Wildman–Crippen MR) is 74.6 cm³/mol. The first-order valence-corrected chi connectivity index (χ1v) is 7.67. The van der Waals surface area contributed by atoms with Gasteiger partial charge >= 0.3 is 5.97 Å². The lowest BCUT2D eigenvalue weighted by atomic mass is 9.88. The van der Waals surface area contributed by atoms with Crippen LogP contribution in [0.2, 0.25) is 0 Å². The Morgan fingerprint density at radius 1 is 1.32 bits per heavy atom. The number of carbonyl (C=O) groups is 1. The second-order valence-electron chi connectivity index (χ2n) is 6.70. The smallest absolute Gasteiger partial charge is 0.323 e. The lowest BCUT2D eigenvalue weighted by Crippen LogP contribution is -2.49. The van der Waals surface area contributed by atoms with E-state index in [1.807, 2.05) is 0 Å². The van der Waals surface area contributed by atoms with Gasteiger partial charge in [-0.25, -0.2) is 0 Å². The quantitative estimate of drug-likeness (QED) is 0.579. The minimum absolute atomic E-state index is 0.00291. The Bertz CT molecular complexity index is 379. The van der Waals surface area contributed by atoms with Crippen LogP contribution < -0.4 is 0 Å². The highest BCUT2D eigenvalue weighted by Crippen LogP contribution is 2.44.